The van der Waals surface area contributed by atoms with Crippen molar-refractivity contribution in [2.75, 3.05) is 32.9 Å². The van der Waals surface area contributed by atoms with Crippen molar-refractivity contribution in [2.24, 2.45) is 7.05 Å². The third-order valence-corrected chi connectivity index (χ3v) is 5.33. The Labute approximate surface area is 155 Å². The summed E-state index contributed by atoms with van der Waals surface area (Å²) in [5, 5.41) is 0. The number of piperidine rings is 1. The number of rotatable bonds is 6. The molecule has 2 aliphatic rings. The third kappa shape index (κ3) is 4.64. The highest BCUT2D eigenvalue weighted by Crippen LogP contribution is 2.36. The van der Waals surface area contributed by atoms with Gasteiger partial charge in [0.2, 0.25) is 0 Å². The number of amides is 1. The van der Waals surface area contributed by atoms with Crippen LogP contribution >= 0.6 is 0 Å². The van der Waals surface area contributed by atoms with E-state index in [9.17, 15) is 4.79 Å². The molecule has 1 unspecified atom stereocenters. The van der Waals surface area contributed by atoms with E-state index >= 15 is 0 Å². The lowest BCUT2D eigenvalue weighted by Gasteiger charge is -2.46. The molecule has 2 fully saturated rings. The van der Waals surface area contributed by atoms with Crippen LogP contribution in [-0.2, 0) is 21.3 Å². The fourth-order valence-electron chi connectivity index (χ4n) is 3.81. The largest absolute Gasteiger partial charge is 0.376 e. The summed E-state index contributed by atoms with van der Waals surface area (Å²) in [5.41, 5.74) is 0.488. The highest BCUT2D eigenvalue weighted by atomic mass is 16.5. The van der Waals surface area contributed by atoms with Crippen LogP contribution < -0.4 is 0 Å². The smallest absolute Gasteiger partial charge is 0.272 e. The summed E-state index contributed by atoms with van der Waals surface area (Å²) in [6, 6.07) is 0. The van der Waals surface area contributed by atoms with Crippen LogP contribution in [0, 0.1) is 0 Å². The molecule has 0 aromatic carbocycles. The number of aryl methyl sites for hydroxylation is 1. The Hall–Kier alpha value is -1.44. The molecule has 0 N–H and O–H groups in total. The van der Waals surface area contributed by atoms with Gasteiger partial charge in [0.1, 0.15) is 5.69 Å². The Morgan fingerprint density at radius 1 is 1.38 bits per heavy atom. The first kappa shape index (κ1) is 19.3. The van der Waals surface area contributed by atoms with E-state index in [4.69, 9.17) is 14.2 Å². The van der Waals surface area contributed by atoms with Gasteiger partial charge >= 0.3 is 0 Å². The van der Waals surface area contributed by atoms with E-state index < -0.39 is 0 Å². The molecule has 7 nitrogen and oxygen atoms in total. The molecule has 26 heavy (non-hydrogen) atoms. The number of carbonyl (C=O) groups excluding carboxylic acids is 1. The molecule has 7 heteroatoms. The molecule has 0 bridgehead atoms. The van der Waals surface area contributed by atoms with E-state index in [-0.39, 0.29) is 23.7 Å². The van der Waals surface area contributed by atoms with Gasteiger partial charge in [0, 0.05) is 33.2 Å². The third-order valence-electron chi connectivity index (χ3n) is 5.33. The summed E-state index contributed by atoms with van der Waals surface area (Å²) in [7, 11) is 1.85. The lowest BCUT2D eigenvalue weighted by Crippen LogP contribution is -2.52. The van der Waals surface area contributed by atoms with Crippen LogP contribution in [0.2, 0.25) is 0 Å². The van der Waals surface area contributed by atoms with Gasteiger partial charge in [-0.15, -0.1) is 0 Å². The highest BCUT2D eigenvalue weighted by molar-refractivity contribution is 5.92. The maximum absolute atomic E-state index is 12.6. The lowest BCUT2D eigenvalue weighted by molar-refractivity contribution is -0.156. The molecule has 1 atom stereocenters. The van der Waals surface area contributed by atoms with Crippen LogP contribution in [0.3, 0.4) is 0 Å². The molecule has 2 saturated heterocycles. The number of likely N-dealkylation sites (tertiary alicyclic amines) is 1. The number of imidazole rings is 1. The molecule has 3 rings (SSSR count). The molecular formula is C19H31N3O4. The van der Waals surface area contributed by atoms with E-state index in [1.54, 1.807) is 17.1 Å². The molecule has 1 aromatic heterocycles. The molecule has 1 spiro atoms. The van der Waals surface area contributed by atoms with Gasteiger partial charge in [-0.25, -0.2) is 4.98 Å². The highest BCUT2D eigenvalue weighted by Gasteiger charge is 2.41. The zero-order valence-corrected chi connectivity index (χ0v) is 16.1. The Balaban J connectivity index is 1.48. The molecule has 3 heterocycles. The minimum Gasteiger partial charge on any atom is -0.376 e. The van der Waals surface area contributed by atoms with Crippen molar-refractivity contribution in [3.63, 3.8) is 0 Å². The number of ether oxygens (including phenoxy) is 3. The van der Waals surface area contributed by atoms with Crippen LogP contribution in [0.1, 0.15) is 50.0 Å². The molecule has 0 radical (unpaired) electrons. The molecule has 0 saturated carbocycles. The van der Waals surface area contributed by atoms with Crippen LogP contribution in [0.15, 0.2) is 12.5 Å². The summed E-state index contributed by atoms with van der Waals surface area (Å²) >= 11 is 0. The van der Waals surface area contributed by atoms with E-state index in [1.807, 2.05) is 25.8 Å². The first-order valence-electron chi connectivity index (χ1n) is 9.62. The van der Waals surface area contributed by atoms with Crippen molar-refractivity contribution in [1.29, 1.82) is 0 Å². The monoisotopic (exact) mass is 365 g/mol. The average Bonchev–Trinajstić information content (AvgIpc) is 3.05. The van der Waals surface area contributed by atoms with Gasteiger partial charge in [0.15, 0.2) is 0 Å². The predicted octanol–water partition coefficient (Wildman–Crippen LogP) is 2.02. The van der Waals surface area contributed by atoms with Gasteiger partial charge in [-0.2, -0.15) is 0 Å². The summed E-state index contributed by atoms with van der Waals surface area (Å²) in [5.74, 6) is 0.0503. The van der Waals surface area contributed by atoms with Crippen molar-refractivity contribution in [2.45, 2.75) is 57.3 Å². The number of hydrogen-bond acceptors (Lipinski definition) is 5. The van der Waals surface area contributed by atoms with E-state index in [0.29, 0.717) is 32.0 Å². The van der Waals surface area contributed by atoms with Crippen molar-refractivity contribution in [3.05, 3.63) is 18.2 Å². The molecule has 146 valence electrons. The van der Waals surface area contributed by atoms with Gasteiger partial charge in [-0.05, 0) is 33.1 Å². The lowest BCUT2D eigenvalue weighted by atomic mass is 9.83. The van der Waals surface area contributed by atoms with Gasteiger partial charge in [0.25, 0.3) is 5.91 Å². The van der Waals surface area contributed by atoms with Crippen LogP contribution in [-0.4, -0.2) is 71.1 Å². The molecule has 0 aliphatic carbocycles. The first-order valence-corrected chi connectivity index (χ1v) is 9.62. The van der Waals surface area contributed by atoms with E-state index in [0.717, 1.165) is 32.3 Å². The maximum atomic E-state index is 12.6. The first-order chi connectivity index (χ1) is 12.5. The quantitative estimate of drug-likeness (QED) is 0.722. The normalized spacial score (nSPS) is 22.9. The summed E-state index contributed by atoms with van der Waals surface area (Å²) in [4.78, 5) is 18.6. The Morgan fingerprint density at radius 2 is 2.15 bits per heavy atom. The molecular weight excluding hydrogens is 334 g/mol. The van der Waals surface area contributed by atoms with Gasteiger partial charge in [-0.3, -0.25) is 4.79 Å². The van der Waals surface area contributed by atoms with Crippen molar-refractivity contribution >= 4 is 5.91 Å². The number of nitrogens with zero attached hydrogens (tertiary/aromatic N) is 3. The Bertz CT molecular complexity index is 593. The van der Waals surface area contributed by atoms with Gasteiger partial charge < -0.3 is 23.7 Å². The molecule has 1 amide bonds. The Kier molecular flexibility index (Phi) is 6.32. The van der Waals surface area contributed by atoms with Crippen LogP contribution in [0.25, 0.3) is 0 Å². The van der Waals surface area contributed by atoms with Crippen LogP contribution in [0.4, 0.5) is 0 Å². The fraction of sp³-hybridized carbons (Fsp3) is 0.789. The van der Waals surface area contributed by atoms with Crippen molar-refractivity contribution in [3.8, 4) is 0 Å². The molecule has 1 aromatic rings. The number of aromatic nitrogens is 2. The van der Waals surface area contributed by atoms with Crippen molar-refractivity contribution < 1.29 is 19.0 Å². The zero-order chi connectivity index (χ0) is 18.6. The summed E-state index contributed by atoms with van der Waals surface area (Å²) in [6.45, 7) is 7.48. The zero-order valence-electron chi connectivity index (χ0n) is 16.1. The van der Waals surface area contributed by atoms with Crippen molar-refractivity contribution in [1.82, 2.24) is 14.5 Å². The second kappa shape index (κ2) is 8.50. The SMILES string of the molecule is CC(C)OCCOC1CCOC2(CCN(C(=O)c3cncn3C)CC2)C1. The molecule has 2 aliphatic heterocycles. The standard InChI is InChI=1S/C19H31N3O4/c1-15(2)24-10-11-25-16-4-9-26-19(12-16)5-7-22(8-6-19)18(23)17-13-20-14-21(17)3/h13-16H,4-12H2,1-3H3. The minimum atomic E-state index is -0.148. The van der Waals surface area contributed by atoms with Gasteiger partial charge in [-0.1, -0.05) is 0 Å². The minimum absolute atomic E-state index is 0.0503. The number of hydrogen-bond donors (Lipinski definition) is 0. The topological polar surface area (TPSA) is 65.8 Å². The summed E-state index contributed by atoms with van der Waals surface area (Å²) < 4.78 is 19.5. The van der Waals surface area contributed by atoms with E-state index in [1.165, 1.54) is 0 Å². The maximum Gasteiger partial charge on any atom is 0.272 e. The van der Waals surface area contributed by atoms with E-state index in [2.05, 4.69) is 4.98 Å². The van der Waals surface area contributed by atoms with Gasteiger partial charge in [0.05, 0.1) is 43.5 Å². The average molecular weight is 365 g/mol. The second-order valence-electron chi connectivity index (χ2n) is 7.62. The fourth-order valence-corrected chi connectivity index (χ4v) is 3.81. The van der Waals surface area contributed by atoms with Crippen LogP contribution in [0.5, 0.6) is 0 Å². The predicted molar refractivity (Wildman–Crippen MR) is 97.1 cm³/mol. The second-order valence-corrected chi connectivity index (χ2v) is 7.62. The Morgan fingerprint density at radius 3 is 2.81 bits per heavy atom. The number of carbonyl (C=O) groups is 1. The summed E-state index contributed by atoms with van der Waals surface area (Å²) in [6.07, 6.45) is 7.31.